The second-order valence-electron chi connectivity index (χ2n) is 7.40. The van der Waals surface area contributed by atoms with Crippen molar-refractivity contribution in [1.29, 1.82) is 0 Å². The SMILES string of the molecule is CC(C)C(=O)N1CCN(c2ccccc2NC(=S)NC(=O)c2cccc(I)c2)CC1. The van der Waals surface area contributed by atoms with Crippen LogP contribution in [-0.4, -0.2) is 48.0 Å². The standard InChI is InChI=1S/C22H25IN4O2S/c1-15(2)21(29)27-12-10-26(11-13-27)19-9-4-3-8-18(19)24-22(30)25-20(28)16-6-5-7-17(23)14-16/h3-9,14-15H,10-13H2,1-2H3,(H2,24,25,28,30). The smallest absolute Gasteiger partial charge is 0.257 e. The molecule has 0 bridgehead atoms. The van der Waals surface area contributed by atoms with E-state index in [1.54, 1.807) is 6.07 Å². The van der Waals surface area contributed by atoms with Gasteiger partial charge in [0.1, 0.15) is 0 Å². The zero-order valence-corrected chi connectivity index (χ0v) is 20.0. The predicted octanol–water partition coefficient (Wildman–Crippen LogP) is 3.72. The zero-order chi connectivity index (χ0) is 21.7. The lowest BCUT2D eigenvalue weighted by molar-refractivity contribution is -0.134. The van der Waals surface area contributed by atoms with Crippen molar-refractivity contribution in [2.24, 2.45) is 5.92 Å². The summed E-state index contributed by atoms with van der Waals surface area (Å²) >= 11 is 7.54. The Morgan fingerprint density at radius 1 is 1.03 bits per heavy atom. The lowest BCUT2D eigenvalue weighted by atomic mass is 10.1. The van der Waals surface area contributed by atoms with Crippen LogP contribution in [0.15, 0.2) is 48.5 Å². The number of carbonyl (C=O) groups is 2. The number of amides is 2. The average Bonchev–Trinajstić information content (AvgIpc) is 2.73. The number of benzene rings is 2. The van der Waals surface area contributed by atoms with Crippen LogP contribution in [0.25, 0.3) is 0 Å². The Morgan fingerprint density at radius 2 is 1.73 bits per heavy atom. The molecule has 2 aromatic carbocycles. The summed E-state index contributed by atoms with van der Waals surface area (Å²) in [6, 6.07) is 15.2. The summed E-state index contributed by atoms with van der Waals surface area (Å²) < 4.78 is 0.986. The third kappa shape index (κ3) is 5.69. The number of piperazine rings is 1. The fraction of sp³-hybridized carbons (Fsp3) is 0.318. The number of carbonyl (C=O) groups excluding carboxylic acids is 2. The topological polar surface area (TPSA) is 64.7 Å². The minimum atomic E-state index is -0.246. The van der Waals surface area contributed by atoms with E-state index in [9.17, 15) is 9.59 Å². The van der Waals surface area contributed by atoms with E-state index in [0.29, 0.717) is 18.7 Å². The van der Waals surface area contributed by atoms with Crippen molar-refractivity contribution in [3.8, 4) is 0 Å². The summed E-state index contributed by atoms with van der Waals surface area (Å²) in [4.78, 5) is 28.8. The van der Waals surface area contributed by atoms with Crippen LogP contribution in [0.1, 0.15) is 24.2 Å². The Bertz CT molecular complexity index is 942. The molecule has 0 aliphatic carbocycles. The first kappa shape index (κ1) is 22.5. The van der Waals surface area contributed by atoms with Crippen molar-refractivity contribution in [1.82, 2.24) is 10.2 Å². The van der Waals surface area contributed by atoms with E-state index >= 15 is 0 Å². The Hall–Kier alpha value is -2.20. The highest BCUT2D eigenvalue weighted by molar-refractivity contribution is 14.1. The normalized spacial score (nSPS) is 13.9. The van der Waals surface area contributed by atoms with Gasteiger partial charge in [-0.05, 0) is 65.1 Å². The summed E-state index contributed by atoms with van der Waals surface area (Å²) in [6.07, 6.45) is 0. The fourth-order valence-electron chi connectivity index (χ4n) is 3.35. The molecular weight excluding hydrogens is 511 g/mol. The molecule has 2 aromatic rings. The lowest BCUT2D eigenvalue weighted by Crippen LogP contribution is -2.50. The highest BCUT2D eigenvalue weighted by Crippen LogP contribution is 2.27. The second kappa shape index (κ2) is 10.2. The van der Waals surface area contributed by atoms with E-state index in [1.165, 1.54) is 0 Å². The third-order valence-electron chi connectivity index (χ3n) is 4.89. The Labute approximate surface area is 196 Å². The maximum Gasteiger partial charge on any atom is 0.257 e. The third-order valence-corrected chi connectivity index (χ3v) is 5.77. The van der Waals surface area contributed by atoms with Crippen molar-refractivity contribution in [3.05, 3.63) is 57.7 Å². The Balaban J connectivity index is 1.63. The van der Waals surface area contributed by atoms with E-state index in [2.05, 4.69) is 38.1 Å². The highest BCUT2D eigenvalue weighted by atomic mass is 127. The first-order chi connectivity index (χ1) is 14.3. The molecule has 0 unspecified atom stereocenters. The van der Waals surface area contributed by atoms with Gasteiger partial charge in [0, 0.05) is 41.2 Å². The first-order valence-electron chi connectivity index (χ1n) is 9.86. The molecule has 2 N–H and O–H groups in total. The second-order valence-corrected chi connectivity index (χ2v) is 9.06. The van der Waals surface area contributed by atoms with Gasteiger partial charge in [-0.1, -0.05) is 32.0 Å². The highest BCUT2D eigenvalue weighted by Gasteiger charge is 2.24. The number of hydrogen-bond acceptors (Lipinski definition) is 4. The number of para-hydroxylation sites is 2. The quantitative estimate of drug-likeness (QED) is 0.461. The summed E-state index contributed by atoms with van der Waals surface area (Å²) in [6.45, 7) is 6.74. The van der Waals surface area contributed by atoms with Gasteiger partial charge in [-0.3, -0.25) is 14.9 Å². The molecule has 1 aliphatic rings. The van der Waals surface area contributed by atoms with Crippen LogP contribution in [-0.2, 0) is 4.79 Å². The van der Waals surface area contributed by atoms with Crippen LogP contribution >= 0.6 is 34.8 Å². The molecule has 8 heteroatoms. The molecule has 0 radical (unpaired) electrons. The van der Waals surface area contributed by atoms with Crippen LogP contribution < -0.4 is 15.5 Å². The van der Waals surface area contributed by atoms with Crippen molar-refractivity contribution in [3.63, 3.8) is 0 Å². The van der Waals surface area contributed by atoms with E-state index < -0.39 is 0 Å². The van der Waals surface area contributed by atoms with Crippen LogP contribution in [0.2, 0.25) is 0 Å². The summed E-state index contributed by atoms with van der Waals surface area (Å²) in [5, 5.41) is 6.14. The summed E-state index contributed by atoms with van der Waals surface area (Å²) in [5.74, 6) is -0.0378. The van der Waals surface area contributed by atoms with Gasteiger partial charge in [0.25, 0.3) is 5.91 Å². The molecule has 158 valence electrons. The Morgan fingerprint density at radius 3 is 2.40 bits per heavy atom. The van der Waals surface area contributed by atoms with Gasteiger partial charge in [0.05, 0.1) is 11.4 Å². The summed E-state index contributed by atoms with van der Waals surface area (Å²) in [7, 11) is 0. The molecule has 1 aliphatic heterocycles. The molecule has 1 saturated heterocycles. The minimum Gasteiger partial charge on any atom is -0.366 e. The van der Waals surface area contributed by atoms with Crippen molar-refractivity contribution >= 4 is 63.1 Å². The van der Waals surface area contributed by atoms with Crippen LogP contribution in [0, 0.1) is 9.49 Å². The molecule has 1 fully saturated rings. The minimum absolute atomic E-state index is 0.0133. The summed E-state index contributed by atoms with van der Waals surface area (Å²) in [5.41, 5.74) is 2.39. The molecule has 2 amide bonds. The lowest BCUT2D eigenvalue weighted by Gasteiger charge is -2.37. The van der Waals surface area contributed by atoms with Gasteiger partial charge in [-0.25, -0.2) is 0 Å². The first-order valence-corrected chi connectivity index (χ1v) is 11.3. The number of thiocarbonyl (C=S) groups is 1. The maximum atomic E-state index is 12.4. The van der Waals surface area contributed by atoms with Crippen LogP contribution in [0.3, 0.4) is 0 Å². The number of nitrogens with zero attached hydrogens (tertiary/aromatic N) is 2. The largest absolute Gasteiger partial charge is 0.366 e. The van der Waals surface area contributed by atoms with Gasteiger partial charge in [-0.2, -0.15) is 0 Å². The monoisotopic (exact) mass is 536 g/mol. The number of hydrogen-bond donors (Lipinski definition) is 2. The molecule has 3 rings (SSSR count). The van der Waals surface area contributed by atoms with E-state index in [-0.39, 0.29) is 22.8 Å². The molecule has 6 nitrogen and oxygen atoms in total. The number of halogens is 1. The van der Waals surface area contributed by atoms with Crippen molar-refractivity contribution in [2.75, 3.05) is 36.4 Å². The molecule has 1 heterocycles. The van der Waals surface area contributed by atoms with Gasteiger partial charge in [0.15, 0.2) is 5.11 Å². The fourth-order valence-corrected chi connectivity index (χ4v) is 4.09. The van der Waals surface area contributed by atoms with Gasteiger partial charge in [0.2, 0.25) is 5.91 Å². The number of anilines is 2. The van der Waals surface area contributed by atoms with Gasteiger partial charge >= 0.3 is 0 Å². The molecule has 0 aromatic heterocycles. The molecule has 0 spiro atoms. The van der Waals surface area contributed by atoms with E-state index in [0.717, 1.165) is 28.0 Å². The molecule has 30 heavy (non-hydrogen) atoms. The molecule has 0 atom stereocenters. The van der Waals surface area contributed by atoms with E-state index in [4.69, 9.17) is 12.2 Å². The predicted molar refractivity (Wildman–Crippen MR) is 133 cm³/mol. The van der Waals surface area contributed by atoms with Gasteiger partial charge < -0.3 is 15.1 Å². The molecule has 0 saturated carbocycles. The maximum absolute atomic E-state index is 12.4. The van der Waals surface area contributed by atoms with Crippen molar-refractivity contribution < 1.29 is 9.59 Å². The van der Waals surface area contributed by atoms with Crippen molar-refractivity contribution in [2.45, 2.75) is 13.8 Å². The van der Waals surface area contributed by atoms with Crippen LogP contribution in [0.5, 0.6) is 0 Å². The number of nitrogens with one attached hydrogen (secondary N) is 2. The molecular formula is C22H25IN4O2S. The van der Waals surface area contributed by atoms with Crippen LogP contribution in [0.4, 0.5) is 11.4 Å². The zero-order valence-electron chi connectivity index (χ0n) is 17.0. The Kier molecular flexibility index (Phi) is 7.65. The van der Waals surface area contributed by atoms with E-state index in [1.807, 2.05) is 61.2 Å². The average molecular weight is 536 g/mol. The number of rotatable bonds is 4. The van der Waals surface area contributed by atoms with Gasteiger partial charge in [-0.15, -0.1) is 0 Å².